The van der Waals surface area contributed by atoms with Crippen molar-refractivity contribution in [3.05, 3.63) is 52.7 Å². The largest absolute Gasteiger partial charge is 0.456 e. The van der Waals surface area contributed by atoms with Crippen LogP contribution in [-0.4, -0.2) is 43.7 Å². The molecule has 1 saturated heterocycles. The van der Waals surface area contributed by atoms with Crippen molar-refractivity contribution in [1.29, 1.82) is 10.5 Å². The molecule has 1 aliphatic heterocycles. The topological polar surface area (TPSA) is 80.4 Å². The second kappa shape index (κ2) is 7.97. The lowest BCUT2D eigenvalue weighted by Gasteiger charge is -2.20. The molecular formula is C21H24N4O2. The number of nitrogens with zero attached hydrogens (tertiary/aromatic N) is 4. The van der Waals surface area contributed by atoms with E-state index in [1.54, 1.807) is 12.1 Å². The third-order valence-electron chi connectivity index (χ3n) is 3.90. The number of allylic oxidation sites excluding steroid dienone is 1. The van der Waals surface area contributed by atoms with Crippen molar-refractivity contribution in [3.63, 3.8) is 0 Å². The minimum Gasteiger partial charge on any atom is -0.456 e. The molecule has 6 nitrogen and oxygen atoms in total. The van der Waals surface area contributed by atoms with E-state index in [-0.39, 0.29) is 11.5 Å². The molecule has 6 heteroatoms. The lowest BCUT2D eigenvalue weighted by molar-refractivity contribution is 0.00695. The second-order valence-corrected chi connectivity index (χ2v) is 7.60. The molecule has 0 amide bonds. The Morgan fingerprint density at radius 3 is 2.22 bits per heavy atom. The molecule has 0 atom stereocenters. The molecule has 1 fully saturated rings. The first-order valence-electron chi connectivity index (χ1n) is 8.64. The number of nitriles is 2. The maximum absolute atomic E-state index is 12.2. The van der Waals surface area contributed by atoms with Gasteiger partial charge in [0, 0.05) is 44.6 Å². The fourth-order valence-electron chi connectivity index (χ4n) is 2.81. The number of rotatable bonds is 3. The van der Waals surface area contributed by atoms with Crippen molar-refractivity contribution >= 4 is 11.7 Å². The molecule has 27 heavy (non-hydrogen) atoms. The zero-order chi connectivity index (χ0) is 20.2. The predicted octanol–water partition coefficient (Wildman–Crippen LogP) is 3.25. The Hall–Kier alpha value is -3.25. The van der Waals surface area contributed by atoms with Gasteiger partial charge in [0.25, 0.3) is 0 Å². The first-order chi connectivity index (χ1) is 12.6. The summed E-state index contributed by atoms with van der Waals surface area (Å²) in [6.45, 7) is 6.56. The van der Waals surface area contributed by atoms with Crippen LogP contribution in [0.3, 0.4) is 0 Å². The highest BCUT2D eigenvalue weighted by Crippen LogP contribution is 2.30. The fourth-order valence-corrected chi connectivity index (χ4v) is 2.81. The lowest BCUT2D eigenvalue weighted by Crippen LogP contribution is -2.24. The van der Waals surface area contributed by atoms with E-state index in [0.29, 0.717) is 18.7 Å². The summed E-state index contributed by atoms with van der Waals surface area (Å²) < 4.78 is 5.38. The van der Waals surface area contributed by atoms with Crippen molar-refractivity contribution < 1.29 is 9.53 Å². The van der Waals surface area contributed by atoms with Crippen LogP contribution < -0.4 is 4.90 Å². The zero-order valence-electron chi connectivity index (χ0n) is 16.4. The Morgan fingerprint density at radius 2 is 1.74 bits per heavy atom. The first kappa shape index (κ1) is 20.1. The third-order valence-corrected chi connectivity index (χ3v) is 3.90. The molecule has 0 aromatic heterocycles. The molecule has 1 aromatic carbocycles. The minimum absolute atomic E-state index is 0.135. The summed E-state index contributed by atoms with van der Waals surface area (Å²) in [6, 6.07) is 11.1. The average Bonchev–Trinajstić information content (AvgIpc) is 2.98. The zero-order valence-corrected chi connectivity index (χ0v) is 16.4. The van der Waals surface area contributed by atoms with Gasteiger partial charge in [-0.25, -0.2) is 4.79 Å². The smallest absolute Gasteiger partial charge is 0.338 e. The quantitative estimate of drug-likeness (QED) is 0.605. The molecule has 0 N–H and O–H groups in total. The van der Waals surface area contributed by atoms with Crippen LogP contribution in [0.15, 0.2) is 47.2 Å². The van der Waals surface area contributed by atoms with E-state index in [2.05, 4.69) is 4.90 Å². The summed E-state index contributed by atoms with van der Waals surface area (Å²) in [6.07, 6.45) is 1.93. The molecule has 1 aromatic rings. The van der Waals surface area contributed by atoms with Crippen molar-refractivity contribution in [2.24, 2.45) is 0 Å². The van der Waals surface area contributed by atoms with Gasteiger partial charge in [-0.3, -0.25) is 0 Å². The first-order valence-corrected chi connectivity index (χ1v) is 8.64. The van der Waals surface area contributed by atoms with E-state index in [9.17, 15) is 15.3 Å². The van der Waals surface area contributed by atoms with E-state index in [4.69, 9.17) is 4.74 Å². The molecule has 1 aliphatic rings. The van der Waals surface area contributed by atoms with Crippen LogP contribution >= 0.6 is 0 Å². The van der Waals surface area contributed by atoms with Gasteiger partial charge in [0.2, 0.25) is 0 Å². The summed E-state index contributed by atoms with van der Waals surface area (Å²) in [4.78, 5) is 16.1. The number of esters is 1. The minimum atomic E-state index is -0.540. The Balaban J connectivity index is 2.27. The summed E-state index contributed by atoms with van der Waals surface area (Å²) >= 11 is 0. The lowest BCUT2D eigenvalue weighted by atomic mass is 10.1. The van der Waals surface area contributed by atoms with Gasteiger partial charge in [-0.15, -0.1) is 0 Å². The number of benzene rings is 1. The van der Waals surface area contributed by atoms with E-state index in [0.717, 1.165) is 16.8 Å². The molecule has 2 rings (SSSR count). The van der Waals surface area contributed by atoms with Gasteiger partial charge < -0.3 is 14.5 Å². The number of ether oxygens (including phenoxy) is 1. The summed E-state index contributed by atoms with van der Waals surface area (Å²) in [5.41, 5.74) is 2.68. The molecule has 0 aliphatic carbocycles. The molecule has 140 valence electrons. The standard InChI is InChI=1S/C21H24N4O2/c1-21(2,3)27-20(26)15-6-8-18(9-7-15)25-13-17(12-24(4)5)19(14-25)16(10-22)11-23/h6-9,12H,13-14H2,1-5H3/b17-12+. The molecule has 0 unspecified atom stereocenters. The number of carbonyl (C=O) groups excluding carboxylic acids is 1. The third kappa shape index (κ3) is 5.12. The Bertz CT molecular complexity index is 843. The van der Waals surface area contributed by atoms with E-state index < -0.39 is 5.60 Å². The molecule has 0 spiro atoms. The second-order valence-electron chi connectivity index (χ2n) is 7.60. The van der Waals surface area contributed by atoms with E-state index in [1.807, 2.05) is 70.2 Å². The molecule has 0 bridgehead atoms. The maximum atomic E-state index is 12.2. The molecule has 0 radical (unpaired) electrons. The number of hydrogen-bond acceptors (Lipinski definition) is 6. The highest BCUT2D eigenvalue weighted by atomic mass is 16.6. The highest BCUT2D eigenvalue weighted by molar-refractivity contribution is 5.90. The summed E-state index contributed by atoms with van der Waals surface area (Å²) in [7, 11) is 3.81. The Morgan fingerprint density at radius 1 is 1.15 bits per heavy atom. The van der Waals surface area contributed by atoms with Gasteiger partial charge >= 0.3 is 5.97 Å². The molecular weight excluding hydrogens is 340 g/mol. The van der Waals surface area contributed by atoms with Gasteiger partial charge in [0.15, 0.2) is 0 Å². The van der Waals surface area contributed by atoms with Gasteiger partial charge in [-0.2, -0.15) is 10.5 Å². The average molecular weight is 364 g/mol. The Labute approximate surface area is 160 Å². The van der Waals surface area contributed by atoms with Crippen molar-refractivity contribution in [1.82, 2.24) is 4.90 Å². The van der Waals surface area contributed by atoms with Gasteiger partial charge in [0.05, 0.1) is 5.56 Å². The number of hydrogen-bond donors (Lipinski definition) is 0. The monoisotopic (exact) mass is 364 g/mol. The van der Waals surface area contributed by atoms with Gasteiger partial charge in [-0.1, -0.05) is 0 Å². The maximum Gasteiger partial charge on any atom is 0.338 e. The van der Waals surface area contributed by atoms with Crippen LogP contribution in [-0.2, 0) is 4.74 Å². The van der Waals surface area contributed by atoms with Crippen LogP contribution in [0, 0.1) is 22.7 Å². The van der Waals surface area contributed by atoms with Crippen molar-refractivity contribution in [3.8, 4) is 12.1 Å². The van der Waals surface area contributed by atoms with Crippen LogP contribution in [0.2, 0.25) is 0 Å². The van der Waals surface area contributed by atoms with Crippen molar-refractivity contribution in [2.45, 2.75) is 26.4 Å². The normalized spacial score (nSPS) is 15.3. The van der Waals surface area contributed by atoms with Gasteiger partial charge in [0.1, 0.15) is 23.3 Å². The predicted molar refractivity (Wildman–Crippen MR) is 104 cm³/mol. The van der Waals surface area contributed by atoms with E-state index in [1.165, 1.54) is 0 Å². The molecule has 1 heterocycles. The van der Waals surface area contributed by atoms with Crippen LogP contribution in [0.1, 0.15) is 31.1 Å². The number of carbonyl (C=O) groups is 1. The van der Waals surface area contributed by atoms with Crippen LogP contribution in [0.4, 0.5) is 5.69 Å². The van der Waals surface area contributed by atoms with E-state index >= 15 is 0 Å². The molecule has 0 saturated carbocycles. The Kier molecular flexibility index (Phi) is 5.92. The fraction of sp³-hybridized carbons (Fsp3) is 0.381. The SMILES string of the molecule is CN(C)/C=C1\CN(c2ccc(C(=O)OC(C)(C)C)cc2)CC1=C(C#N)C#N. The van der Waals surface area contributed by atoms with Gasteiger partial charge in [-0.05, 0) is 50.6 Å². The summed E-state index contributed by atoms with van der Waals surface area (Å²) in [5.74, 6) is -0.361. The highest BCUT2D eigenvalue weighted by Gasteiger charge is 2.26. The summed E-state index contributed by atoms with van der Waals surface area (Å²) in [5, 5.41) is 18.5. The number of anilines is 1. The van der Waals surface area contributed by atoms with Crippen LogP contribution in [0.25, 0.3) is 0 Å². The van der Waals surface area contributed by atoms with Crippen LogP contribution in [0.5, 0.6) is 0 Å². The van der Waals surface area contributed by atoms with Crippen molar-refractivity contribution in [2.75, 3.05) is 32.1 Å².